The quantitative estimate of drug-likeness (QED) is 0.780. The normalized spacial score (nSPS) is 32.1. The van der Waals surface area contributed by atoms with Gasteiger partial charge in [0.15, 0.2) is 0 Å². The van der Waals surface area contributed by atoms with Crippen molar-refractivity contribution >= 4 is 0 Å². The Morgan fingerprint density at radius 3 is 2.36 bits per heavy atom. The van der Waals surface area contributed by atoms with Gasteiger partial charge < -0.3 is 24.1 Å². The standard InChI is InChI=1S/C17H26O5/c1-4-10-21-11-13-14(18)16(19-2)17(20-3)15(22-13)12-8-6-5-7-9-12/h5-9,13-18H,4,10-11H2,1-3H3/t13-,14-,15+,16+,17+/m1/s1. The van der Waals surface area contributed by atoms with Gasteiger partial charge >= 0.3 is 0 Å². The minimum Gasteiger partial charge on any atom is -0.387 e. The molecule has 1 heterocycles. The second kappa shape index (κ2) is 8.60. The smallest absolute Gasteiger partial charge is 0.116 e. The third-order valence-corrected chi connectivity index (χ3v) is 3.96. The summed E-state index contributed by atoms with van der Waals surface area (Å²) in [6, 6.07) is 9.86. The number of benzene rings is 1. The van der Waals surface area contributed by atoms with E-state index in [1.165, 1.54) is 0 Å². The Bertz CT molecular complexity index is 424. The van der Waals surface area contributed by atoms with Crippen LogP contribution in [0.3, 0.4) is 0 Å². The van der Waals surface area contributed by atoms with Gasteiger partial charge in [0.1, 0.15) is 30.5 Å². The van der Waals surface area contributed by atoms with E-state index in [0.717, 1.165) is 12.0 Å². The Balaban J connectivity index is 2.18. The highest BCUT2D eigenvalue weighted by atomic mass is 16.6. The molecule has 22 heavy (non-hydrogen) atoms. The lowest BCUT2D eigenvalue weighted by molar-refractivity contribution is -0.247. The fraction of sp³-hybridized carbons (Fsp3) is 0.647. The number of aliphatic hydroxyl groups excluding tert-OH is 1. The Morgan fingerprint density at radius 1 is 1.09 bits per heavy atom. The van der Waals surface area contributed by atoms with E-state index >= 15 is 0 Å². The van der Waals surface area contributed by atoms with Crippen molar-refractivity contribution in [2.75, 3.05) is 27.4 Å². The Hall–Kier alpha value is -0.980. The summed E-state index contributed by atoms with van der Waals surface area (Å²) in [6.45, 7) is 3.03. The lowest BCUT2D eigenvalue weighted by Crippen LogP contribution is -2.56. The molecule has 0 bridgehead atoms. The Kier molecular flexibility index (Phi) is 6.79. The number of ether oxygens (including phenoxy) is 4. The van der Waals surface area contributed by atoms with Crippen molar-refractivity contribution in [2.45, 2.75) is 43.9 Å². The van der Waals surface area contributed by atoms with Gasteiger partial charge in [0.2, 0.25) is 0 Å². The average molecular weight is 310 g/mol. The van der Waals surface area contributed by atoms with Crippen LogP contribution in [0, 0.1) is 0 Å². The van der Waals surface area contributed by atoms with Gasteiger partial charge in [-0.25, -0.2) is 0 Å². The summed E-state index contributed by atoms with van der Waals surface area (Å²) in [7, 11) is 3.19. The van der Waals surface area contributed by atoms with E-state index in [4.69, 9.17) is 18.9 Å². The van der Waals surface area contributed by atoms with Crippen molar-refractivity contribution in [3.05, 3.63) is 35.9 Å². The largest absolute Gasteiger partial charge is 0.387 e. The van der Waals surface area contributed by atoms with Crippen LogP contribution in [0.1, 0.15) is 25.0 Å². The highest BCUT2D eigenvalue weighted by Gasteiger charge is 2.46. The van der Waals surface area contributed by atoms with Gasteiger partial charge in [-0.15, -0.1) is 0 Å². The molecule has 1 saturated heterocycles. The number of hydrogen-bond donors (Lipinski definition) is 1. The highest BCUT2D eigenvalue weighted by Crippen LogP contribution is 2.35. The number of rotatable bonds is 7. The summed E-state index contributed by atoms with van der Waals surface area (Å²) in [5.41, 5.74) is 1.00. The summed E-state index contributed by atoms with van der Waals surface area (Å²) in [5, 5.41) is 10.5. The van der Waals surface area contributed by atoms with E-state index in [0.29, 0.717) is 13.2 Å². The summed E-state index contributed by atoms with van der Waals surface area (Å²) >= 11 is 0. The summed E-state index contributed by atoms with van der Waals surface area (Å²) in [5.74, 6) is 0. The van der Waals surface area contributed by atoms with Crippen LogP contribution in [-0.4, -0.2) is 57.0 Å². The molecular formula is C17H26O5. The van der Waals surface area contributed by atoms with Crippen LogP contribution < -0.4 is 0 Å². The van der Waals surface area contributed by atoms with Crippen LogP contribution in [-0.2, 0) is 18.9 Å². The zero-order valence-corrected chi connectivity index (χ0v) is 13.5. The first-order valence-corrected chi connectivity index (χ1v) is 7.74. The highest BCUT2D eigenvalue weighted by molar-refractivity contribution is 5.20. The van der Waals surface area contributed by atoms with Crippen molar-refractivity contribution in [1.29, 1.82) is 0 Å². The van der Waals surface area contributed by atoms with Gasteiger partial charge in [-0.3, -0.25) is 0 Å². The number of aliphatic hydroxyl groups is 1. The molecule has 0 unspecified atom stereocenters. The van der Waals surface area contributed by atoms with E-state index in [1.54, 1.807) is 14.2 Å². The molecule has 1 aliphatic rings. The summed E-state index contributed by atoms with van der Waals surface area (Å²) in [6.07, 6.45) is -1.42. The van der Waals surface area contributed by atoms with Gasteiger partial charge in [-0.2, -0.15) is 0 Å². The molecule has 124 valence electrons. The summed E-state index contributed by atoms with van der Waals surface area (Å²) < 4.78 is 22.7. The predicted octanol–water partition coefficient (Wildman–Crippen LogP) is 1.94. The van der Waals surface area contributed by atoms with Gasteiger partial charge in [-0.1, -0.05) is 37.3 Å². The first-order valence-electron chi connectivity index (χ1n) is 7.74. The Labute approximate surface area is 132 Å². The molecule has 1 aliphatic heterocycles. The lowest BCUT2D eigenvalue weighted by atomic mass is 9.91. The molecule has 1 aromatic carbocycles. The fourth-order valence-corrected chi connectivity index (χ4v) is 2.85. The maximum absolute atomic E-state index is 10.5. The van der Waals surface area contributed by atoms with E-state index in [9.17, 15) is 5.11 Å². The molecule has 1 N–H and O–H groups in total. The molecule has 0 aromatic heterocycles. The topological polar surface area (TPSA) is 57.2 Å². The van der Waals surface area contributed by atoms with Crippen LogP contribution in [0.4, 0.5) is 0 Å². The SMILES string of the molecule is CCCOC[C@H]1O[C@@H](c2ccccc2)[C@H](OC)[C@@H](OC)[C@@H]1O. The van der Waals surface area contributed by atoms with Crippen molar-refractivity contribution in [3.8, 4) is 0 Å². The van der Waals surface area contributed by atoms with Gasteiger partial charge in [0.25, 0.3) is 0 Å². The second-order valence-electron chi connectivity index (χ2n) is 5.47. The third kappa shape index (κ3) is 3.86. The van der Waals surface area contributed by atoms with Crippen molar-refractivity contribution in [3.63, 3.8) is 0 Å². The maximum atomic E-state index is 10.5. The zero-order chi connectivity index (χ0) is 15.9. The van der Waals surface area contributed by atoms with Crippen LogP contribution in [0.2, 0.25) is 0 Å². The van der Waals surface area contributed by atoms with Gasteiger partial charge in [0.05, 0.1) is 6.61 Å². The molecule has 0 spiro atoms. The molecule has 5 heteroatoms. The summed E-state index contributed by atoms with van der Waals surface area (Å²) in [4.78, 5) is 0. The molecule has 1 aromatic rings. The van der Waals surface area contributed by atoms with Crippen molar-refractivity contribution < 1.29 is 24.1 Å². The van der Waals surface area contributed by atoms with Gasteiger partial charge in [0, 0.05) is 20.8 Å². The minimum absolute atomic E-state index is 0.297. The second-order valence-corrected chi connectivity index (χ2v) is 5.47. The van der Waals surface area contributed by atoms with Gasteiger partial charge in [-0.05, 0) is 12.0 Å². The third-order valence-electron chi connectivity index (χ3n) is 3.96. The molecule has 0 aliphatic carbocycles. The van der Waals surface area contributed by atoms with E-state index < -0.39 is 18.3 Å². The average Bonchev–Trinajstić information content (AvgIpc) is 2.56. The van der Waals surface area contributed by atoms with Crippen LogP contribution in [0.25, 0.3) is 0 Å². The molecule has 5 atom stereocenters. The fourth-order valence-electron chi connectivity index (χ4n) is 2.85. The Morgan fingerprint density at radius 2 is 1.77 bits per heavy atom. The van der Waals surface area contributed by atoms with Crippen molar-refractivity contribution in [1.82, 2.24) is 0 Å². The van der Waals surface area contributed by atoms with Crippen LogP contribution in [0.15, 0.2) is 30.3 Å². The maximum Gasteiger partial charge on any atom is 0.116 e. The van der Waals surface area contributed by atoms with Crippen LogP contribution >= 0.6 is 0 Å². The number of hydrogen-bond acceptors (Lipinski definition) is 5. The number of methoxy groups -OCH3 is 2. The molecule has 0 amide bonds. The lowest BCUT2D eigenvalue weighted by Gasteiger charge is -2.43. The zero-order valence-electron chi connectivity index (χ0n) is 13.5. The molecule has 1 fully saturated rings. The predicted molar refractivity (Wildman–Crippen MR) is 82.8 cm³/mol. The minimum atomic E-state index is -0.785. The molecule has 2 rings (SSSR count). The molecular weight excluding hydrogens is 284 g/mol. The monoisotopic (exact) mass is 310 g/mol. The molecule has 0 saturated carbocycles. The first-order chi connectivity index (χ1) is 10.7. The van der Waals surface area contributed by atoms with E-state index in [1.807, 2.05) is 37.3 Å². The van der Waals surface area contributed by atoms with Crippen LogP contribution in [0.5, 0.6) is 0 Å². The van der Waals surface area contributed by atoms with E-state index in [-0.39, 0.29) is 12.2 Å². The molecule has 0 radical (unpaired) electrons. The van der Waals surface area contributed by atoms with Crippen molar-refractivity contribution in [2.24, 2.45) is 0 Å². The first kappa shape index (κ1) is 17.4. The molecule has 5 nitrogen and oxygen atoms in total. The van der Waals surface area contributed by atoms with E-state index in [2.05, 4.69) is 0 Å².